The van der Waals surface area contributed by atoms with Crippen molar-refractivity contribution in [2.45, 2.75) is 19.5 Å². The molecular formula is C20H24F3N3O2. The Kier molecular flexibility index (Phi) is 8.45. The number of hydrogen-bond acceptors (Lipinski definition) is 3. The Morgan fingerprint density at radius 2 is 1.68 bits per heavy atom. The van der Waals surface area contributed by atoms with Gasteiger partial charge in [-0.25, -0.2) is 4.39 Å². The second-order valence-corrected chi connectivity index (χ2v) is 5.92. The van der Waals surface area contributed by atoms with E-state index in [1.165, 1.54) is 25.3 Å². The second-order valence-electron chi connectivity index (χ2n) is 5.92. The quantitative estimate of drug-likeness (QED) is 0.505. The van der Waals surface area contributed by atoms with Gasteiger partial charge in [0, 0.05) is 20.1 Å². The Balaban J connectivity index is 1.80. The Labute approximate surface area is 162 Å². The highest BCUT2D eigenvalue weighted by Gasteiger charge is 2.11. The number of ether oxygens (including phenoxy) is 2. The van der Waals surface area contributed by atoms with Crippen molar-refractivity contribution in [3.63, 3.8) is 0 Å². The molecule has 2 aromatic carbocycles. The number of halogens is 3. The van der Waals surface area contributed by atoms with Gasteiger partial charge in [-0.05, 0) is 48.2 Å². The Bertz CT molecular complexity index is 785. The number of aliphatic imine (C=N–C) groups is 1. The van der Waals surface area contributed by atoms with Crippen molar-refractivity contribution in [1.82, 2.24) is 10.6 Å². The average molecular weight is 395 g/mol. The fourth-order valence-electron chi connectivity index (χ4n) is 2.63. The van der Waals surface area contributed by atoms with E-state index in [2.05, 4.69) is 20.4 Å². The number of benzene rings is 2. The van der Waals surface area contributed by atoms with Gasteiger partial charge in [-0.2, -0.15) is 8.78 Å². The summed E-state index contributed by atoms with van der Waals surface area (Å²) in [6.45, 7) is -1.78. The SMILES string of the molecule is CN=C(NCCc1cccc(F)c1)NCCc1ccc(OC)c(OC(F)F)c1. The lowest BCUT2D eigenvalue weighted by atomic mass is 10.1. The minimum absolute atomic E-state index is 0.00704. The number of guanidine groups is 1. The number of hydrogen-bond donors (Lipinski definition) is 2. The van der Waals surface area contributed by atoms with Crippen molar-refractivity contribution in [1.29, 1.82) is 0 Å². The van der Waals surface area contributed by atoms with Crippen LogP contribution in [0.5, 0.6) is 11.5 Å². The van der Waals surface area contributed by atoms with E-state index in [-0.39, 0.29) is 17.3 Å². The molecule has 2 aromatic rings. The van der Waals surface area contributed by atoms with Crippen LogP contribution in [0, 0.1) is 5.82 Å². The van der Waals surface area contributed by atoms with Crippen LogP contribution in [0.25, 0.3) is 0 Å². The molecule has 2 N–H and O–H groups in total. The molecule has 0 bridgehead atoms. The van der Waals surface area contributed by atoms with Crippen LogP contribution in [0.1, 0.15) is 11.1 Å². The summed E-state index contributed by atoms with van der Waals surface area (Å²) >= 11 is 0. The average Bonchev–Trinajstić information content (AvgIpc) is 2.66. The van der Waals surface area contributed by atoms with Crippen LogP contribution in [0.3, 0.4) is 0 Å². The lowest BCUT2D eigenvalue weighted by Gasteiger charge is -2.13. The molecule has 0 atom stereocenters. The van der Waals surface area contributed by atoms with Gasteiger partial charge in [-0.15, -0.1) is 0 Å². The summed E-state index contributed by atoms with van der Waals surface area (Å²) in [6, 6.07) is 11.4. The molecular weight excluding hydrogens is 371 g/mol. The molecule has 0 unspecified atom stereocenters. The highest BCUT2D eigenvalue weighted by molar-refractivity contribution is 5.79. The van der Waals surface area contributed by atoms with Gasteiger partial charge in [0.2, 0.25) is 0 Å². The van der Waals surface area contributed by atoms with Crippen molar-refractivity contribution in [2.75, 3.05) is 27.2 Å². The summed E-state index contributed by atoms with van der Waals surface area (Å²) in [7, 11) is 3.05. The highest BCUT2D eigenvalue weighted by Crippen LogP contribution is 2.29. The van der Waals surface area contributed by atoms with Crippen molar-refractivity contribution in [3.8, 4) is 11.5 Å². The third-order valence-corrected chi connectivity index (χ3v) is 3.97. The van der Waals surface area contributed by atoms with Gasteiger partial charge in [0.15, 0.2) is 17.5 Å². The van der Waals surface area contributed by atoms with E-state index in [9.17, 15) is 13.2 Å². The zero-order valence-corrected chi connectivity index (χ0v) is 15.8. The number of methoxy groups -OCH3 is 1. The molecule has 2 rings (SSSR count). The zero-order valence-electron chi connectivity index (χ0n) is 15.8. The maximum atomic E-state index is 13.2. The predicted molar refractivity (Wildman–Crippen MR) is 103 cm³/mol. The Morgan fingerprint density at radius 1 is 1.00 bits per heavy atom. The summed E-state index contributed by atoms with van der Waals surface area (Å²) in [6.07, 6.45) is 1.24. The summed E-state index contributed by atoms with van der Waals surface area (Å²) in [5.41, 5.74) is 1.71. The zero-order chi connectivity index (χ0) is 20.4. The van der Waals surface area contributed by atoms with E-state index >= 15 is 0 Å². The van der Waals surface area contributed by atoms with Crippen LogP contribution in [-0.4, -0.2) is 39.8 Å². The summed E-state index contributed by atoms with van der Waals surface area (Å²) in [5, 5.41) is 6.30. The maximum absolute atomic E-state index is 13.2. The fourth-order valence-corrected chi connectivity index (χ4v) is 2.63. The first kappa shape index (κ1) is 21.4. The number of alkyl halides is 2. The van der Waals surface area contributed by atoms with E-state index in [4.69, 9.17) is 4.74 Å². The first-order valence-electron chi connectivity index (χ1n) is 8.82. The molecule has 28 heavy (non-hydrogen) atoms. The van der Waals surface area contributed by atoms with Crippen molar-refractivity contribution >= 4 is 5.96 Å². The summed E-state index contributed by atoms with van der Waals surface area (Å²) in [5.74, 6) is 0.614. The topological polar surface area (TPSA) is 54.9 Å². The smallest absolute Gasteiger partial charge is 0.387 e. The number of rotatable bonds is 9. The van der Waals surface area contributed by atoms with Crippen LogP contribution in [0.4, 0.5) is 13.2 Å². The molecule has 0 saturated heterocycles. The van der Waals surface area contributed by atoms with Gasteiger partial charge in [-0.1, -0.05) is 18.2 Å². The van der Waals surface area contributed by atoms with Crippen molar-refractivity contribution < 1.29 is 22.6 Å². The molecule has 0 aromatic heterocycles. The molecule has 152 valence electrons. The van der Waals surface area contributed by atoms with E-state index in [0.717, 1.165) is 11.1 Å². The molecule has 0 fully saturated rings. The minimum Gasteiger partial charge on any atom is -0.493 e. The monoisotopic (exact) mass is 395 g/mol. The first-order chi connectivity index (χ1) is 13.5. The molecule has 0 amide bonds. The van der Waals surface area contributed by atoms with Crippen LogP contribution in [0.2, 0.25) is 0 Å². The number of nitrogens with zero attached hydrogens (tertiary/aromatic N) is 1. The Hall–Kier alpha value is -2.90. The molecule has 0 radical (unpaired) electrons. The highest BCUT2D eigenvalue weighted by atomic mass is 19.3. The molecule has 8 heteroatoms. The van der Waals surface area contributed by atoms with Crippen LogP contribution >= 0.6 is 0 Å². The molecule has 0 aliphatic carbocycles. The standard InChI is InChI=1S/C20H24F3N3O2/c1-24-20(25-10-8-14-4-3-5-16(21)12-14)26-11-9-15-6-7-17(27-2)18(13-15)28-19(22)23/h3-7,12-13,19H,8-11H2,1-2H3,(H2,24,25,26). The largest absolute Gasteiger partial charge is 0.493 e. The lowest BCUT2D eigenvalue weighted by molar-refractivity contribution is -0.0512. The van der Waals surface area contributed by atoms with Gasteiger partial charge in [0.1, 0.15) is 5.82 Å². The fraction of sp³-hybridized carbons (Fsp3) is 0.350. The molecule has 0 spiro atoms. The number of nitrogens with one attached hydrogen (secondary N) is 2. The van der Waals surface area contributed by atoms with Crippen molar-refractivity contribution in [3.05, 3.63) is 59.4 Å². The van der Waals surface area contributed by atoms with Crippen molar-refractivity contribution in [2.24, 2.45) is 4.99 Å². The molecule has 0 saturated carbocycles. The van der Waals surface area contributed by atoms with Gasteiger partial charge in [0.05, 0.1) is 7.11 Å². The van der Waals surface area contributed by atoms with Gasteiger partial charge in [0.25, 0.3) is 0 Å². The van der Waals surface area contributed by atoms with Gasteiger partial charge in [-0.3, -0.25) is 4.99 Å². The molecule has 0 aliphatic heterocycles. The summed E-state index contributed by atoms with van der Waals surface area (Å²) < 4.78 is 47.7. The Morgan fingerprint density at radius 3 is 2.25 bits per heavy atom. The first-order valence-corrected chi connectivity index (χ1v) is 8.82. The van der Waals surface area contributed by atoms with Crippen LogP contribution < -0.4 is 20.1 Å². The van der Waals surface area contributed by atoms with Crippen LogP contribution in [-0.2, 0) is 12.8 Å². The van der Waals surface area contributed by atoms with E-state index in [1.54, 1.807) is 25.2 Å². The molecule has 0 heterocycles. The summed E-state index contributed by atoms with van der Waals surface area (Å²) in [4.78, 5) is 4.13. The third-order valence-electron chi connectivity index (χ3n) is 3.97. The third kappa shape index (κ3) is 7.02. The van der Waals surface area contributed by atoms with Gasteiger partial charge >= 0.3 is 6.61 Å². The maximum Gasteiger partial charge on any atom is 0.387 e. The van der Waals surface area contributed by atoms with Crippen LogP contribution in [0.15, 0.2) is 47.5 Å². The lowest BCUT2D eigenvalue weighted by Crippen LogP contribution is -2.39. The predicted octanol–water partition coefficient (Wildman–Crippen LogP) is 3.39. The van der Waals surface area contributed by atoms with E-state index in [0.29, 0.717) is 31.9 Å². The molecule has 0 aliphatic rings. The van der Waals surface area contributed by atoms with E-state index in [1.807, 2.05) is 6.07 Å². The second kappa shape index (κ2) is 11.1. The normalized spacial score (nSPS) is 11.4. The van der Waals surface area contributed by atoms with Gasteiger partial charge < -0.3 is 20.1 Å². The minimum atomic E-state index is -2.91. The van der Waals surface area contributed by atoms with E-state index < -0.39 is 6.61 Å². The molecule has 5 nitrogen and oxygen atoms in total.